The van der Waals surface area contributed by atoms with Gasteiger partial charge in [-0.25, -0.2) is 8.42 Å². The molecule has 5 nitrogen and oxygen atoms in total. The number of rotatable bonds is 5. The van der Waals surface area contributed by atoms with Gasteiger partial charge < -0.3 is 5.32 Å². The standard InChI is InChI=1S/C20H22N2O3S/c1-5-13-21-26(24,25)18-8-6-7-15(14-18)19(23)22-17-11-9-16(10-12-17)20(2,3)4/h1,6-12,14,21H,13H2,2-4H3,(H,22,23). The summed E-state index contributed by atoms with van der Waals surface area (Å²) in [4.78, 5) is 12.4. The fraction of sp³-hybridized carbons (Fsp3) is 0.250. The second kappa shape index (κ2) is 7.73. The molecule has 0 radical (unpaired) electrons. The summed E-state index contributed by atoms with van der Waals surface area (Å²) in [7, 11) is -3.75. The lowest BCUT2D eigenvalue weighted by molar-refractivity contribution is 0.102. The van der Waals surface area contributed by atoms with E-state index in [0.717, 1.165) is 5.56 Å². The first-order valence-electron chi connectivity index (χ1n) is 8.08. The molecule has 0 aliphatic carbocycles. The molecule has 2 rings (SSSR count). The van der Waals surface area contributed by atoms with Crippen molar-refractivity contribution in [2.24, 2.45) is 0 Å². The number of hydrogen-bond donors (Lipinski definition) is 2. The number of carbonyl (C=O) groups excluding carboxylic acids is 1. The Hall–Kier alpha value is -2.62. The molecule has 0 bridgehead atoms. The molecule has 0 spiro atoms. The molecule has 2 N–H and O–H groups in total. The monoisotopic (exact) mass is 370 g/mol. The number of carbonyl (C=O) groups is 1. The van der Waals surface area contributed by atoms with Gasteiger partial charge in [0.05, 0.1) is 11.4 Å². The molecular weight excluding hydrogens is 348 g/mol. The van der Waals surface area contributed by atoms with E-state index in [4.69, 9.17) is 6.42 Å². The zero-order valence-electron chi connectivity index (χ0n) is 15.0. The summed E-state index contributed by atoms with van der Waals surface area (Å²) in [5.41, 5.74) is 2.06. The van der Waals surface area contributed by atoms with E-state index in [1.807, 2.05) is 24.3 Å². The Bertz CT molecular complexity index is 934. The van der Waals surface area contributed by atoms with Gasteiger partial charge in [0.15, 0.2) is 0 Å². The summed E-state index contributed by atoms with van der Waals surface area (Å²) in [6.45, 7) is 6.22. The molecule has 0 atom stereocenters. The smallest absolute Gasteiger partial charge is 0.255 e. The Balaban J connectivity index is 2.18. The minimum Gasteiger partial charge on any atom is -0.322 e. The zero-order chi connectivity index (χ0) is 19.4. The van der Waals surface area contributed by atoms with Crippen molar-refractivity contribution in [3.05, 3.63) is 59.7 Å². The minimum atomic E-state index is -3.75. The minimum absolute atomic E-state index is 0.0107. The highest BCUT2D eigenvalue weighted by Gasteiger charge is 2.16. The SMILES string of the molecule is C#CCNS(=O)(=O)c1cccc(C(=O)Nc2ccc(C(C)(C)C)cc2)c1. The normalized spacial score (nSPS) is 11.6. The topological polar surface area (TPSA) is 75.3 Å². The fourth-order valence-electron chi connectivity index (χ4n) is 2.28. The molecule has 0 heterocycles. The molecule has 6 heteroatoms. The highest BCUT2D eigenvalue weighted by atomic mass is 32.2. The van der Waals surface area contributed by atoms with E-state index < -0.39 is 10.0 Å². The van der Waals surface area contributed by atoms with Gasteiger partial charge in [-0.3, -0.25) is 4.79 Å². The number of nitrogens with one attached hydrogen (secondary N) is 2. The van der Waals surface area contributed by atoms with Crippen LogP contribution in [0.1, 0.15) is 36.7 Å². The Morgan fingerprint density at radius 1 is 1.12 bits per heavy atom. The number of hydrogen-bond acceptors (Lipinski definition) is 3. The van der Waals surface area contributed by atoms with Crippen LogP contribution in [-0.2, 0) is 15.4 Å². The van der Waals surface area contributed by atoms with E-state index in [2.05, 4.69) is 36.7 Å². The molecule has 0 aromatic heterocycles. The molecule has 2 aromatic carbocycles. The van der Waals surface area contributed by atoms with Crippen molar-refractivity contribution >= 4 is 21.6 Å². The largest absolute Gasteiger partial charge is 0.322 e. The average Bonchev–Trinajstić information content (AvgIpc) is 2.60. The lowest BCUT2D eigenvalue weighted by atomic mass is 9.87. The highest BCUT2D eigenvalue weighted by molar-refractivity contribution is 7.89. The van der Waals surface area contributed by atoms with Gasteiger partial charge in [0.25, 0.3) is 5.91 Å². The van der Waals surface area contributed by atoms with Gasteiger partial charge >= 0.3 is 0 Å². The van der Waals surface area contributed by atoms with Crippen LogP contribution in [0.25, 0.3) is 0 Å². The first-order chi connectivity index (χ1) is 12.1. The lowest BCUT2D eigenvalue weighted by Crippen LogP contribution is -2.24. The van der Waals surface area contributed by atoms with E-state index in [-0.39, 0.29) is 28.3 Å². The zero-order valence-corrected chi connectivity index (χ0v) is 15.9. The summed E-state index contributed by atoms with van der Waals surface area (Å²) in [6, 6.07) is 13.4. The highest BCUT2D eigenvalue weighted by Crippen LogP contribution is 2.23. The van der Waals surface area contributed by atoms with Crippen LogP contribution >= 0.6 is 0 Å². The predicted octanol–water partition coefficient (Wildman–Crippen LogP) is 3.15. The van der Waals surface area contributed by atoms with Gasteiger partial charge in [-0.1, -0.05) is 44.9 Å². The van der Waals surface area contributed by atoms with Crippen LogP contribution in [-0.4, -0.2) is 20.9 Å². The van der Waals surface area contributed by atoms with Gasteiger partial charge in [0.1, 0.15) is 0 Å². The van der Waals surface area contributed by atoms with Crippen LogP contribution in [0.4, 0.5) is 5.69 Å². The maximum atomic E-state index is 12.4. The number of amides is 1. The van der Waals surface area contributed by atoms with Gasteiger partial charge in [0.2, 0.25) is 10.0 Å². The number of anilines is 1. The van der Waals surface area contributed by atoms with Crippen LogP contribution in [0.3, 0.4) is 0 Å². The van der Waals surface area contributed by atoms with Crippen molar-refractivity contribution in [3.8, 4) is 12.3 Å². The first kappa shape index (κ1) is 19.7. The third kappa shape index (κ3) is 4.94. The van der Waals surface area contributed by atoms with Crippen LogP contribution in [0.15, 0.2) is 53.4 Å². The van der Waals surface area contributed by atoms with Crippen molar-refractivity contribution in [2.45, 2.75) is 31.1 Å². The van der Waals surface area contributed by atoms with Crippen molar-refractivity contribution in [1.29, 1.82) is 0 Å². The van der Waals surface area contributed by atoms with E-state index >= 15 is 0 Å². The van der Waals surface area contributed by atoms with Crippen molar-refractivity contribution < 1.29 is 13.2 Å². The van der Waals surface area contributed by atoms with E-state index in [1.54, 1.807) is 6.07 Å². The molecule has 136 valence electrons. The molecule has 0 unspecified atom stereocenters. The van der Waals surface area contributed by atoms with Crippen molar-refractivity contribution in [2.75, 3.05) is 11.9 Å². The summed E-state index contributed by atoms with van der Waals surface area (Å²) < 4.78 is 26.5. The summed E-state index contributed by atoms with van der Waals surface area (Å²) in [5, 5.41) is 2.77. The molecule has 0 aliphatic heterocycles. The quantitative estimate of drug-likeness (QED) is 0.794. The third-order valence-corrected chi connectivity index (χ3v) is 5.18. The van der Waals surface area contributed by atoms with Crippen molar-refractivity contribution in [1.82, 2.24) is 4.72 Å². The predicted molar refractivity (Wildman–Crippen MR) is 104 cm³/mol. The van der Waals surface area contributed by atoms with Crippen LogP contribution < -0.4 is 10.0 Å². The molecular formula is C20H22N2O3S. The van der Waals surface area contributed by atoms with Crippen LogP contribution in [0.5, 0.6) is 0 Å². The number of terminal acetylenes is 1. The van der Waals surface area contributed by atoms with Gasteiger partial charge in [-0.2, -0.15) is 4.72 Å². The van der Waals surface area contributed by atoms with Crippen molar-refractivity contribution in [3.63, 3.8) is 0 Å². The lowest BCUT2D eigenvalue weighted by Gasteiger charge is -2.19. The second-order valence-corrected chi connectivity index (χ2v) is 8.60. The summed E-state index contributed by atoms with van der Waals surface area (Å²) >= 11 is 0. The Labute approximate surface area is 154 Å². The number of sulfonamides is 1. The van der Waals surface area contributed by atoms with Gasteiger partial charge in [-0.05, 0) is 41.3 Å². The van der Waals surface area contributed by atoms with E-state index in [1.165, 1.54) is 18.2 Å². The molecule has 1 amide bonds. The Kier molecular flexibility index (Phi) is 5.86. The summed E-state index contributed by atoms with van der Waals surface area (Å²) in [6.07, 6.45) is 5.07. The molecule has 0 saturated carbocycles. The fourth-order valence-corrected chi connectivity index (χ4v) is 3.26. The second-order valence-electron chi connectivity index (χ2n) is 6.84. The molecule has 0 fully saturated rings. The van der Waals surface area contributed by atoms with Gasteiger partial charge in [0, 0.05) is 11.3 Å². The Morgan fingerprint density at radius 3 is 2.35 bits per heavy atom. The average molecular weight is 370 g/mol. The number of benzene rings is 2. The first-order valence-corrected chi connectivity index (χ1v) is 9.57. The maximum absolute atomic E-state index is 12.4. The third-order valence-electron chi connectivity index (χ3n) is 3.78. The molecule has 0 aliphatic rings. The maximum Gasteiger partial charge on any atom is 0.255 e. The van der Waals surface area contributed by atoms with Crippen LogP contribution in [0.2, 0.25) is 0 Å². The van der Waals surface area contributed by atoms with Crippen LogP contribution in [0, 0.1) is 12.3 Å². The Morgan fingerprint density at radius 2 is 1.77 bits per heavy atom. The summed E-state index contributed by atoms with van der Waals surface area (Å²) in [5.74, 6) is 1.82. The van der Waals surface area contributed by atoms with E-state index in [9.17, 15) is 13.2 Å². The molecule has 26 heavy (non-hydrogen) atoms. The van der Waals surface area contributed by atoms with Gasteiger partial charge in [-0.15, -0.1) is 6.42 Å². The van der Waals surface area contributed by atoms with E-state index in [0.29, 0.717) is 5.69 Å². The molecule has 2 aromatic rings. The molecule has 0 saturated heterocycles.